The van der Waals surface area contributed by atoms with Crippen LogP contribution in [0.5, 0.6) is 0 Å². The van der Waals surface area contributed by atoms with Crippen molar-refractivity contribution in [3.05, 3.63) is 58.1 Å². The van der Waals surface area contributed by atoms with E-state index in [1.54, 1.807) is 12.3 Å². The van der Waals surface area contributed by atoms with Gasteiger partial charge in [-0.15, -0.1) is 11.3 Å². The SMILES string of the molecule is Cc1nc(-c2nc(Cl)cs2)ncc1C(=O)Nn1ccc2nc(C(F)(F)F)ccc21. The van der Waals surface area contributed by atoms with Crippen molar-refractivity contribution in [1.82, 2.24) is 24.6 Å². The second-order valence-corrected chi connectivity index (χ2v) is 7.14. The van der Waals surface area contributed by atoms with Gasteiger partial charge in [0.2, 0.25) is 0 Å². The van der Waals surface area contributed by atoms with Crippen LogP contribution in [0.25, 0.3) is 21.9 Å². The maximum atomic E-state index is 12.8. The minimum atomic E-state index is -4.54. The number of alkyl halides is 3. The van der Waals surface area contributed by atoms with Crippen LogP contribution in [0, 0.1) is 6.92 Å². The van der Waals surface area contributed by atoms with E-state index in [9.17, 15) is 18.0 Å². The number of hydrogen-bond donors (Lipinski definition) is 1. The molecule has 0 fully saturated rings. The number of halogens is 4. The van der Waals surface area contributed by atoms with Gasteiger partial charge >= 0.3 is 6.18 Å². The fourth-order valence-electron chi connectivity index (χ4n) is 2.59. The Morgan fingerprint density at radius 1 is 1.21 bits per heavy atom. The van der Waals surface area contributed by atoms with Crippen LogP contribution < -0.4 is 5.43 Å². The van der Waals surface area contributed by atoms with Gasteiger partial charge in [0.1, 0.15) is 10.8 Å². The first kappa shape index (κ1) is 19.3. The summed E-state index contributed by atoms with van der Waals surface area (Å²) >= 11 is 7.08. The quantitative estimate of drug-likeness (QED) is 0.515. The van der Waals surface area contributed by atoms with Gasteiger partial charge in [0.25, 0.3) is 5.91 Å². The first-order valence-electron chi connectivity index (χ1n) is 8.04. The molecule has 1 N–H and O–H groups in total. The molecule has 4 rings (SSSR count). The van der Waals surface area contributed by atoms with Crippen LogP contribution in [0.2, 0.25) is 5.15 Å². The van der Waals surface area contributed by atoms with Crippen LogP contribution in [-0.4, -0.2) is 30.5 Å². The number of thiazole rings is 1. The fourth-order valence-corrected chi connectivity index (χ4v) is 3.48. The van der Waals surface area contributed by atoms with Crippen molar-refractivity contribution >= 4 is 39.9 Å². The predicted octanol–water partition coefficient (Wildman–Crippen LogP) is 4.31. The minimum Gasteiger partial charge on any atom is -0.267 e. The van der Waals surface area contributed by atoms with Crippen LogP contribution in [-0.2, 0) is 6.18 Å². The zero-order valence-electron chi connectivity index (χ0n) is 14.5. The Hall–Kier alpha value is -3.05. The summed E-state index contributed by atoms with van der Waals surface area (Å²) in [6.45, 7) is 1.64. The zero-order valence-corrected chi connectivity index (χ0v) is 16.1. The smallest absolute Gasteiger partial charge is 0.267 e. The van der Waals surface area contributed by atoms with Crippen LogP contribution in [0.1, 0.15) is 21.7 Å². The third kappa shape index (κ3) is 3.78. The molecule has 1 amide bonds. The van der Waals surface area contributed by atoms with E-state index >= 15 is 0 Å². The number of aryl methyl sites for hydroxylation is 1. The van der Waals surface area contributed by atoms with Gasteiger partial charge in [0.15, 0.2) is 10.8 Å². The number of pyridine rings is 1. The number of rotatable bonds is 3. The van der Waals surface area contributed by atoms with Crippen LogP contribution >= 0.6 is 22.9 Å². The van der Waals surface area contributed by atoms with E-state index in [-0.39, 0.29) is 11.1 Å². The first-order chi connectivity index (χ1) is 13.7. The lowest BCUT2D eigenvalue weighted by Gasteiger charge is -2.10. The lowest BCUT2D eigenvalue weighted by atomic mass is 10.2. The molecule has 0 atom stereocenters. The molecule has 29 heavy (non-hydrogen) atoms. The highest BCUT2D eigenvalue weighted by Gasteiger charge is 2.32. The number of aromatic nitrogens is 5. The lowest BCUT2D eigenvalue weighted by molar-refractivity contribution is -0.140. The van der Waals surface area contributed by atoms with Gasteiger partial charge in [-0.2, -0.15) is 13.2 Å². The third-order valence-electron chi connectivity index (χ3n) is 3.95. The van der Waals surface area contributed by atoms with Gasteiger partial charge in [-0.1, -0.05) is 11.6 Å². The van der Waals surface area contributed by atoms with E-state index < -0.39 is 17.8 Å². The summed E-state index contributed by atoms with van der Waals surface area (Å²) in [5.74, 6) is -0.185. The van der Waals surface area contributed by atoms with E-state index in [4.69, 9.17) is 11.6 Å². The van der Waals surface area contributed by atoms with Gasteiger partial charge in [0, 0.05) is 17.8 Å². The number of nitrogens with one attached hydrogen (secondary N) is 1. The second-order valence-electron chi connectivity index (χ2n) is 5.89. The molecule has 4 heterocycles. The van der Waals surface area contributed by atoms with Gasteiger partial charge in [-0.25, -0.2) is 19.9 Å². The van der Waals surface area contributed by atoms with E-state index in [2.05, 4.69) is 25.4 Å². The number of hydrogen-bond acceptors (Lipinski definition) is 6. The first-order valence-corrected chi connectivity index (χ1v) is 9.30. The standard InChI is InChI=1S/C17H10ClF3N6OS/c1-8-9(6-22-14(23-8)16-25-13(18)7-29-16)15(28)26-27-5-4-10-11(27)2-3-12(24-10)17(19,20)21/h2-7H,1H3,(H,26,28). The largest absolute Gasteiger partial charge is 0.433 e. The van der Waals surface area contributed by atoms with Crippen molar-refractivity contribution in [1.29, 1.82) is 0 Å². The highest BCUT2D eigenvalue weighted by atomic mass is 35.5. The molecule has 0 bridgehead atoms. The molecule has 0 radical (unpaired) electrons. The molecule has 12 heteroatoms. The number of fused-ring (bicyclic) bond motifs is 1. The molecule has 0 unspecified atom stereocenters. The topological polar surface area (TPSA) is 85.6 Å². The normalized spacial score (nSPS) is 11.8. The Bertz CT molecular complexity index is 1240. The zero-order chi connectivity index (χ0) is 20.8. The van der Waals surface area contributed by atoms with E-state index in [1.165, 1.54) is 40.5 Å². The van der Waals surface area contributed by atoms with Crippen molar-refractivity contribution in [3.8, 4) is 10.8 Å². The molecule has 148 valence electrons. The van der Waals surface area contributed by atoms with E-state index in [0.29, 0.717) is 27.2 Å². The molecule has 0 saturated heterocycles. The maximum Gasteiger partial charge on any atom is 0.433 e. The highest BCUT2D eigenvalue weighted by Crippen LogP contribution is 2.29. The molecule has 7 nitrogen and oxygen atoms in total. The Balaban J connectivity index is 1.59. The summed E-state index contributed by atoms with van der Waals surface area (Å²) in [7, 11) is 0. The molecule has 4 aromatic rings. The molecule has 4 aromatic heterocycles. The van der Waals surface area contributed by atoms with Crippen molar-refractivity contribution < 1.29 is 18.0 Å². The molecule has 0 aromatic carbocycles. The van der Waals surface area contributed by atoms with E-state index in [0.717, 1.165) is 6.07 Å². The maximum absolute atomic E-state index is 12.8. The van der Waals surface area contributed by atoms with Crippen molar-refractivity contribution in [3.63, 3.8) is 0 Å². The lowest BCUT2D eigenvalue weighted by Crippen LogP contribution is -2.23. The Morgan fingerprint density at radius 2 is 2.00 bits per heavy atom. The van der Waals surface area contributed by atoms with E-state index in [1.807, 2.05) is 0 Å². The summed E-state index contributed by atoms with van der Waals surface area (Å²) in [4.78, 5) is 28.7. The average molecular weight is 439 g/mol. The second kappa shape index (κ2) is 7.08. The summed E-state index contributed by atoms with van der Waals surface area (Å²) in [6, 6.07) is 3.47. The monoisotopic (exact) mass is 438 g/mol. The van der Waals surface area contributed by atoms with Crippen molar-refractivity contribution in [2.24, 2.45) is 0 Å². The molecular formula is C17H10ClF3N6OS. The molecule has 0 aliphatic heterocycles. The van der Waals surface area contributed by atoms with Gasteiger partial charge < -0.3 is 0 Å². The summed E-state index contributed by atoms with van der Waals surface area (Å²) in [6.07, 6.45) is -1.77. The third-order valence-corrected chi connectivity index (χ3v) is 5.11. The summed E-state index contributed by atoms with van der Waals surface area (Å²) in [5.41, 5.74) is 2.62. The predicted molar refractivity (Wildman–Crippen MR) is 101 cm³/mol. The average Bonchev–Trinajstić information content (AvgIpc) is 3.27. The number of carbonyl (C=O) groups excluding carboxylic acids is 1. The van der Waals surface area contributed by atoms with Gasteiger partial charge in [0.05, 0.1) is 22.3 Å². The van der Waals surface area contributed by atoms with Gasteiger partial charge in [-0.05, 0) is 25.1 Å². The highest BCUT2D eigenvalue weighted by molar-refractivity contribution is 7.13. The fraction of sp³-hybridized carbons (Fsp3) is 0.118. The minimum absolute atomic E-state index is 0.101. The van der Waals surface area contributed by atoms with Crippen LogP contribution in [0.15, 0.2) is 36.0 Å². The molecule has 0 aliphatic carbocycles. The molecule has 0 spiro atoms. The molecule has 0 saturated carbocycles. The van der Waals surface area contributed by atoms with Crippen LogP contribution in [0.4, 0.5) is 13.2 Å². The van der Waals surface area contributed by atoms with Crippen LogP contribution in [0.3, 0.4) is 0 Å². The summed E-state index contributed by atoms with van der Waals surface area (Å²) < 4.78 is 39.7. The Kier molecular flexibility index (Phi) is 4.71. The Morgan fingerprint density at radius 3 is 2.66 bits per heavy atom. The number of nitrogens with zero attached hydrogens (tertiary/aromatic N) is 5. The number of amides is 1. The molecular weight excluding hydrogens is 429 g/mol. The van der Waals surface area contributed by atoms with Gasteiger partial charge in [-0.3, -0.25) is 14.9 Å². The van der Waals surface area contributed by atoms with Crippen molar-refractivity contribution in [2.45, 2.75) is 13.1 Å². The van der Waals surface area contributed by atoms with Crippen molar-refractivity contribution in [2.75, 3.05) is 5.43 Å². The molecule has 0 aliphatic rings. The Labute approximate surface area is 170 Å². The summed E-state index contributed by atoms with van der Waals surface area (Å²) in [5, 5.41) is 2.49. The number of carbonyl (C=O) groups is 1.